The summed E-state index contributed by atoms with van der Waals surface area (Å²) in [4.78, 5) is 4.45. The molecule has 0 aliphatic heterocycles. The Hall–Kier alpha value is -2.30. The van der Waals surface area contributed by atoms with Crippen LogP contribution < -0.4 is 0 Å². The van der Waals surface area contributed by atoms with Crippen molar-refractivity contribution >= 4 is 11.2 Å². The van der Waals surface area contributed by atoms with Crippen molar-refractivity contribution in [1.29, 1.82) is 0 Å². The second-order valence-electron chi connectivity index (χ2n) is 4.82. The Morgan fingerprint density at radius 1 is 1.16 bits per heavy atom. The lowest BCUT2D eigenvalue weighted by Gasteiger charge is -2.03. The third-order valence-electron chi connectivity index (χ3n) is 3.46. The fourth-order valence-electron chi connectivity index (χ4n) is 2.31. The first kappa shape index (κ1) is 10.6. The van der Waals surface area contributed by atoms with Crippen molar-refractivity contribution in [2.24, 2.45) is 0 Å². The summed E-state index contributed by atoms with van der Waals surface area (Å²) < 4.78 is 15.1. The number of rotatable bonds is 2. The molecule has 3 aromatic rings. The van der Waals surface area contributed by atoms with Crippen LogP contribution in [0.4, 0.5) is 4.39 Å². The summed E-state index contributed by atoms with van der Waals surface area (Å²) in [6, 6.07) is 6.88. The van der Waals surface area contributed by atoms with E-state index < -0.39 is 0 Å². The van der Waals surface area contributed by atoms with Gasteiger partial charge in [0, 0.05) is 11.6 Å². The van der Waals surface area contributed by atoms with E-state index in [2.05, 4.69) is 19.7 Å². The molecule has 1 saturated carbocycles. The smallest absolute Gasteiger partial charge is 0.183 e. The first-order valence-corrected chi connectivity index (χ1v) is 6.27. The van der Waals surface area contributed by atoms with E-state index in [9.17, 15) is 4.39 Å². The SMILES string of the molecule is Fc1ccc(-c2cnnc3c2ncn3C2CC2)cc1. The molecule has 0 spiro atoms. The molecule has 0 N–H and O–H groups in total. The van der Waals surface area contributed by atoms with Gasteiger partial charge in [0.1, 0.15) is 11.3 Å². The van der Waals surface area contributed by atoms with Crippen molar-refractivity contribution in [1.82, 2.24) is 19.7 Å². The minimum absolute atomic E-state index is 0.245. The van der Waals surface area contributed by atoms with Crippen LogP contribution in [0.2, 0.25) is 0 Å². The average Bonchev–Trinajstić information content (AvgIpc) is 3.19. The fourth-order valence-corrected chi connectivity index (χ4v) is 2.31. The van der Waals surface area contributed by atoms with Gasteiger partial charge in [0.2, 0.25) is 0 Å². The minimum Gasteiger partial charge on any atom is -0.311 e. The molecule has 0 unspecified atom stereocenters. The van der Waals surface area contributed by atoms with Gasteiger partial charge in [-0.2, -0.15) is 5.10 Å². The molecule has 1 fully saturated rings. The maximum atomic E-state index is 13.0. The number of nitrogens with zero attached hydrogens (tertiary/aromatic N) is 4. The zero-order valence-electron chi connectivity index (χ0n) is 10.1. The summed E-state index contributed by atoms with van der Waals surface area (Å²) in [7, 11) is 0. The highest BCUT2D eigenvalue weighted by molar-refractivity contribution is 5.89. The molecule has 1 aliphatic rings. The maximum Gasteiger partial charge on any atom is 0.183 e. The van der Waals surface area contributed by atoms with Crippen molar-refractivity contribution in [3.63, 3.8) is 0 Å². The predicted octanol–water partition coefficient (Wildman–Crippen LogP) is 2.97. The Morgan fingerprint density at radius 2 is 1.95 bits per heavy atom. The first-order chi connectivity index (χ1) is 9.33. The van der Waals surface area contributed by atoms with E-state index >= 15 is 0 Å². The van der Waals surface area contributed by atoms with E-state index in [4.69, 9.17) is 0 Å². The summed E-state index contributed by atoms with van der Waals surface area (Å²) in [5.74, 6) is -0.245. The lowest BCUT2D eigenvalue weighted by atomic mass is 10.1. The van der Waals surface area contributed by atoms with E-state index in [1.165, 1.54) is 25.0 Å². The van der Waals surface area contributed by atoms with Crippen molar-refractivity contribution in [3.8, 4) is 11.1 Å². The van der Waals surface area contributed by atoms with Gasteiger partial charge < -0.3 is 4.57 Å². The Morgan fingerprint density at radius 3 is 2.68 bits per heavy atom. The highest BCUT2D eigenvalue weighted by Crippen LogP contribution is 2.37. The number of imidazole rings is 1. The van der Waals surface area contributed by atoms with Gasteiger partial charge in [0.15, 0.2) is 5.65 Å². The van der Waals surface area contributed by atoms with Crippen LogP contribution in [0.1, 0.15) is 18.9 Å². The lowest BCUT2D eigenvalue weighted by Crippen LogP contribution is -1.95. The van der Waals surface area contributed by atoms with Crippen molar-refractivity contribution in [2.75, 3.05) is 0 Å². The molecule has 0 radical (unpaired) electrons. The predicted molar refractivity (Wildman–Crippen MR) is 69.0 cm³/mol. The van der Waals surface area contributed by atoms with Crippen molar-refractivity contribution < 1.29 is 4.39 Å². The van der Waals surface area contributed by atoms with Crippen LogP contribution in [0.25, 0.3) is 22.3 Å². The number of fused-ring (bicyclic) bond motifs is 1. The topological polar surface area (TPSA) is 43.6 Å². The average molecular weight is 254 g/mol. The number of halogens is 1. The molecule has 4 nitrogen and oxygen atoms in total. The number of benzene rings is 1. The largest absolute Gasteiger partial charge is 0.311 e. The summed E-state index contributed by atoms with van der Waals surface area (Å²) in [5.41, 5.74) is 3.43. The van der Waals surface area contributed by atoms with Gasteiger partial charge in [-0.3, -0.25) is 0 Å². The van der Waals surface area contributed by atoms with Crippen molar-refractivity contribution in [3.05, 3.63) is 42.6 Å². The third kappa shape index (κ3) is 1.69. The molecule has 94 valence electrons. The highest BCUT2D eigenvalue weighted by atomic mass is 19.1. The quantitative estimate of drug-likeness (QED) is 0.706. The molecule has 0 bridgehead atoms. The van der Waals surface area contributed by atoms with Crippen LogP contribution in [0.3, 0.4) is 0 Å². The summed E-state index contributed by atoms with van der Waals surface area (Å²) >= 11 is 0. The van der Waals surface area contributed by atoms with E-state index in [0.29, 0.717) is 6.04 Å². The molecular weight excluding hydrogens is 243 g/mol. The van der Waals surface area contributed by atoms with Gasteiger partial charge >= 0.3 is 0 Å². The molecule has 4 rings (SSSR count). The van der Waals surface area contributed by atoms with Crippen LogP contribution >= 0.6 is 0 Å². The van der Waals surface area contributed by atoms with E-state index in [0.717, 1.165) is 22.3 Å². The van der Waals surface area contributed by atoms with Gasteiger partial charge in [-0.1, -0.05) is 12.1 Å². The first-order valence-electron chi connectivity index (χ1n) is 6.27. The standard InChI is InChI=1S/C14H11FN4/c15-10-3-1-9(2-4-10)12-7-17-18-14-13(12)16-8-19(14)11-5-6-11/h1-4,7-8,11H,5-6H2. The van der Waals surface area contributed by atoms with Gasteiger partial charge in [-0.15, -0.1) is 5.10 Å². The monoisotopic (exact) mass is 254 g/mol. The molecule has 1 aliphatic carbocycles. The van der Waals surface area contributed by atoms with E-state index in [-0.39, 0.29) is 5.82 Å². The van der Waals surface area contributed by atoms with Crippen molar-refractivity contribution in [2.45, 2.75) is 18.9 Å². The van der Waals surface area contributed by atoms with Crippen LogP contribution in [-0.2, 0) is 0 Å². The number of hydrogen-bond donors (Lipinski definition) is 0. The summed E-state index contributed by atoms with van der Waals surface area (Å²) in [6.45, 7) is 0. The van der Waals surface area contributed by atoms with Crippen LogP contribution in [0, 0.1) is 5.82 Å². The molecule has 1 aromatic carbocycles. The Bertz CT molecular complexity index is 744. The van der Waals surface area contributed by atoms with Gasteiger partial charge in [-0.25, -0.2) is 9.37 Å². The summed E-state index contributed by atoms with van der Waals surface area (Å²) in [5, 5.41) is 8.23. The third-order valence-corrected chi connectivity index (χ3v) is 3.46. The fraction of sp³-hybridized carbons (Fsp3) is 0.214. The molecule has 2 heterocycles. The zero-order valence-corrected chi connectivity index (χ0v) is 10.1. The molecule has 19 heavy (non-hydrogen) atoms. The Kier molecular flexibility index (Phi) is 2.15. The van der Waals surface area contributed by atoms with Gasteiger partial charge in [0.05, 0.1) is 12.5 Å². The molecule has 5 heteroatoms. The number of aromatic nitrogens is 4. The normalized spacial score (nSPS) is 15.0. The minimum atomic E-state index is -0.245. The lowest BCUT2D eigenvalue weighted by molar-refractivity contribution is 0.628. The molecule has 0 amide bonds. The van der Waals surface area contributed by atoms with Gasteiger partial charge in [-0.05, 0) is 30.5 Å². The summed E-state index contributed by atoms with van der Waals surface area (Å²) in [6.07, 6.45) is 5.85. The van der Waals surface area contributed by atoms with Gasteiger partial charge in [0.25, 0.3) is 0 Å². The van der Waals surface area contributed by atoms with E-state index in [1.54, 1.807) is 18.3 Å². The highest BCUT2D eigenvalue weighted by Gasteiger charge is 2.26. The molecular formula is C14H11FN4. The molecule has 2 aromatic heterocycles. The molecule has 0 saturated heterocycles. The zero-order chi connectivity index (χ0) is 12.8. The Balaban J connectivity index is 1.92. The second-order valence-corrected chi connectivity index (χ2v) is 4.82. The van der Waals surface area contributed by atoms with E-state index in [1.807, 2.05) is 6.33 Å². The molecule has 0 atom stereocenters. The number of hydrogen-bond acceptors (Lipinski definition) is 3. The second kappa shape index (κ2) is 3.85. The van der Waals surface area contributed by atoms with Crippen LogP contribution in [-0.4, -0.2) is 19.7 Å². The van der Waals surface area contributed by atoms with Crippen LogP contribution in [0.15, 0.2) is 36.8 Å². The Labute approximate surface area is 108 Å². The maximum absolute atomic E-state index is 13.0. The van der Waals surface area contributed by atoms with Crippen LogP contribution in [0.5, 0.6) is 0 Å².